The number of carbonyl (C=O) groups is 5. The molecule has 3 N–H and O–H groups in total. The monoisotopic (exact) mass is 596 g/mol. The molecule has 0 rings (SSSR count). The van der Waals surface area contributed by atoms with Gasteiger partial charge in [0.05, 0.1) is 24.4 Å². The van der Waals surface area contributed by atoms with Crippen LogP contribution in [0.1, 0.15) is 33.1 Å². The average Bonchev–Trinajstić information content (AvgIpc) is 2.83. The predicted octanol–water partition coefficient (Wildman–Crippen LogP) is 0.769. The van der Waals surface area contributed by atoms with Crippen molar-refractivity contribution in [3.8, 4) is 0 Å². The van der Waals surface area contributed by atoms with Gasteiger partial charge in [-0.25, -0.2) is 14.4 Å². The summed E-state index contributed by atoms with van der Waals surface area (Å²) in [6.45, 7) is 8.95. The Labute approximate surface area is 232 Å². The van der Waals surface area contributed by atoms with Crippen LogP contribution < -0.4 is 10.6 Å². The van der Waals surface area contributed by atoms with E-state index in [1.54, 1.807) is 0 Å². The molecule has 0 aromatic heterocycles. The Morgan fingerprint density at radius 1 is 1.00 bits per heavy atom. The highest BCUT2D eigenvalue weighted by Crippen LogP contribution is 2.12. The molecule has 222 valence electrons. The zero-order valence-electron chi connectivity index (χ0n) is 22.0. The first-order valence-electron chi connectivity index (χ1n) is 11.7. The highest BCUT2D eigenvalue weighted by molar-refractivity contribution is 7.99. The highest BCUT2D eigenvalue weighted by atomic mass is 32.2. The summed E-state index contributed by atoms with van der Waals surface area (Å²) in [7, 11) is -4.29. The first-order valence-corrected chi connectivity index (χ1v) is 14.5. The van der Waals surface area contributed by atoms with Crippen molar-refractivity contribution in [2.45, 2.75) is 44.8 Å². The van der Waals surface area contributed by atoms with E-state index in [1.165, 1.54) is 25.6 Å². The molecule has 0 aliphatic carbocycles. The summed E-state index contributed by atoms with van der Waals surface area (Å²) in [5, 5.41) is 4.87. The summed E-state index contributed by atoms with van der Waals surface area (Å²) in [6.07, 6.45) is 0.379. The van der Waals surface area contributed by atoms with Crippen molar-refractivity contribution < 1.29 is 55.9 Å². The maximum atomic E-state index is 12.2. The first kappa shape index (κ1) is 35.9. The van der Waals surface area contributed by atoms with E-state index in [1.807, 2.05) is 0 Å². The molecular formula is C23H36N2O12S2. The van der Waals surface area contributed by atoms with Crippen LogP contribution in [0.25, 0.3) is 0 Å². The average molecular weight is 597 g/mol. The lowest BCUT2D eigenvalue weighted by atomic mass is 10.1. The second-order valence-corrected chi connectivity index (χ2v) is 11.1. The van der Waals surface area contributed by atoms with E-state index in [9.17, 15) is 32.4 Å². The van der Waals surface area contributed by atoms with Gasteiger partial charge in [-0.1, -0.05) is 13.2 Å². The van der Waals surface area contributed by atoms with Crippen LogP contribution in [0.2, 0.25) is 0 Å². The van der Waals surface area contributed by atoms with Crippen molar-refractivity contribution >= 4 is 51.8 Å². The minimum absolute atomic E-state index is 0.000315. The fourth-order valence-electron chi connectivity index (χ4n) is 2.70. The molecule has 39 heavy (non-hydrogen) atoms. The molecule has 16 heteroatoms. The summed E-state index contributed by atoms with van der Waals surface area (Å²) < 4.78 is 51.0. The zero-order chi connectivity index (χ0) is 29.9. The van der Waals surface area contributed by atoms with Gasteiger partial charge in [-0.15, -0.1) is 0 Å². The summed E-state index contributed by atoms with van der Waals surface area (Å²) >= 11 is 1.22. The van der Waals surface area contributed by atoms with E-state index in [4.69, 9.17) is 23.5 Å². The van der Waals surface area contributed by atoms with Crippen molar-refractivity contribution in [2.24, 2.45) is 0 Å². The fourth-order valence-corrected chi connectivity index (χ4v) is 4.61. The minimum atomic E-state index is -4.29. The third kappa shape index (κ3) is 21.5. The molecule has 14 nitrogen and oxygen atoms in total. The van der Waals surface area contributed by atoms with Crippen LogP contribution in [0.5, 0.6) is 0 Å². The second-order valence-electron chi connectivity index (χ2n) is 8.47. The van der Waals surface area contributed by atoms with E-state index in [0.717, 1.165) is 12.2 Å². The summed E-state index contributed by atoms with van der Waals surface area (Å²) in [6, 6.07) is 0. The van der Waals surface area contributed by atoms with Gasteiger partial charge >= 0.3 is 24.0 Å². The summed E-state index contributed by atoms with van der Waals surface area (Å²) in [4.78, 5) is 58.3. The number of nitrogens with one attached hydrogen (secondary N) is 2. The van der Waals surface area contributed by atoms with Crippen molar-refractivity contribution in [3.05, 3.63) is 25.3 Å². The largest absolute Gasteiger partial charge is 0.463 e. The maximum Gasteiger partial charge on any atom is 0.407 e. The first-order chi connectivity index (χ1) is 18.2. The van der Waals surface area contributed by atoms with E-state index in [0.29, 0.717) is 0 Å². The zero-order valence-corrected chi connectivity index (χ0v) is 23.6. The van der Waals surface area contributed by atoms with Crippen molar-refractivity contribution in [1.29, 1.82) is 0 Å². The van der Waals surface area contributed by atoms with Gasteiger partial charge in [0, 0.05) is 36.5 Å². The Hall–Kier alpha value is -3.11. The Morgan fingerprint density at radius 3 is 2.21 bits per heavy atom. The topological polar surface area (TPSA) is 201 Å². The molecule has 0 fully saturated rings. The number of carbonyl (C=O) groups excluding carboxylic acids is 5. The Morgan fingerprint density at radius 2 is 1.62 bits per heavy atom. The number of rotatable bonds is 20. The third-order valence-electron chi connectivity index (χ3n) is 4.22. The van der Waals surface area contributed by atoms with Crippen LogP contribution in [0, 0.1) is 0 Å². The summed E-state index contributed by atoms with van der Waals surface area (Å²) in [5.74, 6) is -2.58. The molecule has 0 saturated carbocycles. The Balaban J connectivity index is 4.71. The molecule has 0 aliphatic rings. The van der Waals surface area contributed by atoms with Crippen LogP contribution in [-0.4, -0.2) is 98.1 Å². The molecule has 0 spiro atoms. The molecule has 1 unspecified atom stereocenters. The number of hydrogen-bond acceptors (Lipinski definition) is 12. The SMILES string of the molecule is C=CC(=O)OCCCC(=O)OC(COC(=O)NCCOC(=O)C=C)CSCCC(=O)NC(C)(C)CS(=O)(=O)O. The molecule has 0 aliphatic heterocycles. The number of thioether (sulfide) groups is 1. The molecular weight excluding hydrogens is 560 g/mol. The molecule has 0 heterocycles. The third-order valence-corrected chi connectivity index (χ3v) is 6.40. The van der Waals surface area contributed by atoms with Crippen molar-refractivity contribution in [2.75, 3.05) is 43.6 Å². The molecule has 0 radical (unpaired) electrons. The minimum Gasteiger partial charge on any atom is -0.463 e. The number of alkyl carbamates (subject to hydrolysis) is 1. The van der Waals surface area contributed by atoms with E-state index in [-0.39, 0.29) is 57.1 Å². The number of ether oxygens (including phenoxy) is 4. The van der Waals surface area contributed by atoms with E-state index < -0.39 is 57.4 Å². The van der Waals surface area contributed by atoms with E-state index >= 15 is 0 Å². The molecule has 0 bridgehead atoms. The standard InChI is InChI=1S/C23H36N2O12S2/c1-5-19(27)34-11-7-8-21(29)37-17(14-36-22(30)24-10-12-35-20(28)6-2)15-38-13-9-18(26)25-23(3,4)16-39(31,32)33/h5-6,17H,1-2,7-16H2,3-4H3,(H,24,30)(H,25,26)(H,31,32,33). The Bertz CT molecular complexity index is 966. The lowest BCUT2D eigenvalue weighted by Crippen LogP contribution is -2.48. The number of esters is 3. The second kappa shape index (κ2) is 19.0. The van der Waals surface area contributed by atoms with Crippen LogP contribution in [-0.2, 0) is 48.2 Å². The van der Waals surface area contributed by atoms with Crippen LogP contribution >= 0.6 is 11.8 Å². The van der Waals surface area contributed by atoms with Gasteiger partial charge in [0.15, 0.2) is 0 Å². The van der Waals surface area contributed by atoms with Gasteiger partial charge < -0.3 is 29.6 Å². The van der Waals surface area contributed by atoms with Gasteiger partial charge in [0.1, 0.15) is 19.3 Å². The quantitative estimate of drug-likeness (QED) is 0.0585. The van der Waals surface area contributed by atoms with Gasteiger partial charge in [0.2, 0.25) is 5.91 Å². The molecule has 2 amide bonds. The van der Waals surface area contributed by atoms with Gasteiger partial charge in [-0.05, 0) is 20.3 Å². The maximum absolute atomic E-state index is 12.2. The van der Waals surface area contributed by atoms with E-state index in [2.05, 4.69) is 23.8 Å². The normalized spacial score (nSPS) is 11.9. The van der Waals surface area contributed by atoms with Crippen molar-refractivity contribution in [3.63, 3.8) is 0 Å². The fraction of sp³-hybridized carbons (Fsp3) is 0.609. The van der Waals surface area contributed by atoms with Crippen molar-refractivity contribution in [1.82, 2.24) is 10.6 Å². The smallest absolute Gasteiger partial charge is 0.407 e. The number of amides is 2. The van der Waals surface area contributed by atoms with Gasteiger partial charge in [-0.2, -0.15) is 20.2 Å². The van der Waals surface area contributed by atoms with Crippen LogP contribution in [0.15, 0.2) is 25.3 Å². The van der Waals surface area contributed by atoms with Crippen LogP contribution in [0.4, 0.5) is 4.79 Å². The van der Waals surface area contributed by atoms with Gasteiger partial charge in [-0.3, -0.25) is 14.1 Å². The molecule has 0 saturated heterocycles. The summed E-state index contributed by atoms with van der Waals surface area (Å²) in [5.41, 5.74) is -1.18. The predicted molar refractivity (Wildman–Crippen MR) is 141 cm³/mol. The van der Waals surface area contributed by atoms with Crippen LogP contribution in [0.3, 0.4) is 0 Å². The highest BCUT2D eigenvalue weighted by Gasteiger charge is 2.26. The lowest BCUT2D eigenvalue weighted by molar-refractivity contribution is -0.151. The molecule has 1 atom stereocenters. The molecule has 0 aromatic carbocycles. The van der Waals surface area contributed by atoms with Gasteiger partial charge in [0.25, 0.3) is 10.1 Å². The number of hydrogen-bond donors (Lipinski definition) is 3. The molecule has 0 aromatic rings. The Kier molecular flexibility index (Phi) is 17.5. The lowest BCUT2D eigenvalue weighted by Gasteiger charge is -2.24.